The van der Waals surface area contributed by atoms with Gasteiger partial charge >= 0.3 is 5.97 Å². The molecule has 1 heterocycles. The monoisotopic (exact) mass is 597 g/mol. The van der Waals surface area contributed by atoms with Gasteiger partial charge in [-0.3, -0.25) is 9.59 Å². The van der Waals surface area contributed by atoms with Crippen LogP contribution in [0.5, 0.6) is 0 Å². The number of methoxy groups -OCH3 is 1. The first-order chi connectivity index (χ1) is 19.7. The molecule has 1 saturated heterocycles. The van der Waals surface area contributed by atoms with Crippen LogP contribution in [0, 0.1) is 23.0 Å². The van der Waals surface area contributed by atoms with Crippen LogP contribution in [-0.4, -0.2) is 48.0 Å². The molecule has 7 nitrogen and oxygen atoms in total. The highest BCUT2D eigenvalue weighted by atomic mass is 35.5. The van der Waals surface area contributed by atoms with E-state index in [0.717, 1.165) is 12.1 Å². The van der Waals surface area contributed by atoms with Gasteiger partial charge in [0.2, 0.25) is 5.91 Å². The highest BCUT2D eigenvalue weighted by Gasteiger charge is 2.37. The third-order valence-corrected chi connectivity index (χ3v) is 8.18. The molecule has 0 aliphatic carbocycles. The zero-order valence-electron chi connectivity index (χ0n) is 22.0. The Balaban J connectivity index is 1.58. The fraction of sp³-hybridized carbons (Fsp3) is 0.267. The summed E-state index contributed by atoms with van der Waals surface area (Å²) in [7, 11) is 1.27. The lowest BCUT2D eigenvalue weighted by atomic mass is 9.93. The van der Waals surface area contributed by atoms with Crippen molar-refractivity contribution in [1.82, 2.24) is 10.6 Å². The zero-order valence-corrected chi connectivity index (χ0v) is 23.6. The second kappa shape index (κ2) is 13.1. The summed E-state index contributed by atoms with van der Waals surface area (Å²) in [6.07, 6.45) is 0.367. The van der Waals surface area contributed by atoms with Crippen LogP contribution in [-0.2, 0) is 16.0 Å². The molecule has 4 rings (SSSR count). The van der Waals surface area contributed by atoms with E-state index in [-0.39, 0.29) is 11.1 Å². The first-order valence-electron chi connectivity index (χ1n) is 12.7. The van der Waals surface area contributed by atoms with Crippen LogP contribution in [0.2, 0.25) is 5.02 Å². The molecule has 0 aromatic heterocycles. The number of hydrogen-bond acceptors (Lipinski definition) is 6. The van der Waals surface area contributed by atoms with Gasteiger partial charge in [-0.25, -0.2) is 13.6 Å². The van der Waals surface area contributed by atoms with Gasteiger partial charge in [0.1, 0.15) is 23.2 Å². The average Bonchev–Trinajstić information content (AvgIpc) is 2.98. The molecule has 0 unspecified atom stereocenters. The minimum Gasteiger partial charge on any atom is -0.465 e. The van der Waals surface area contributed by atoms with Crippen LogP contribution in [0.15, 0.2) is 60.7 Å². The second-order valence-corrected chi connectivity index (χ2v) is 11.1. The van der Waals surface area contributed by atoms with Gasteiger partial charge in [-0.1, -0.05) is 29.8 Å². The second-order valence-electron chi connectivity index (χ2n) is 9.49. The van der Waals surface area contributed by atoms with Crippen molar-refractivity contribution in [2.45, 2.75) is 30.8 Å². The van der Waals surface area contributed by atoms with Crippen LogP contribution in [0.1, 0.15) is 39.1 Å². The number of nitriles is 1. The van der Waals surface area contributed by atoms with E-state index in [1.807, 2.05) is 0 Å². The summed E-state index contributed by atoms with van der Waals surface area (Å²) in [6.45, 7) is 0. The Hall–Kier alpha value is -3.94. The van der Waals surface area contributed by atoms with Gasteiger partial charge in [-0.2, -0.15) is 17.0 Å². The number of esters is 1. The molecule has 1 aliphatic rings. The lowest BCUT2D eigenvalue weighted by molar-refractivity contribution is -0.124. The highest BCUT2D eigenvalue weighted by molar-refractivity contribution is 7.99. The third-order valence-electron chi connectivity index (χ3n) is 6.86. The number of benzene rings is 3. The predicted molar refractivity (Wildman–Crippen MR) is 153 cm³/mol. The minimum absolute atomic E-state index is 0.171. The van der Waals surface area contributed by atoms with Crippen molar-refractivity contribution in [3.8, 4) is 17.2 Å². The zero-order chi connectivity index (χ0) is 29.6. The summed E-state index contributed by atoms with van der Waals surface area (Å²) in [5.41, 5.74) is 0.152. The van der Waals surface area contributed by atoms with E-state index < -0.39 is 47.4 Å². The standard InChI is InChI=1S/C30H26ClF2N3O4S/c1-40-29(39)20-9-10-23(31)21(15-20)18-5-7-19(8-6-18)27(37)35-26(16-22-24(32)3-2-4-25(22)33)28(38)36-30(17-34)11-13-41-14-12-30/h2-10,15,26H,11-14,16H2,1H3,(H,35,37)(H,36,38)/t26-/m0/s1. The number of nitrogens with one attached hydrogen (secondary N) is 2. The quantitative estimate of drug-likeness (QED) is 0.340. The molecule has 2 N–H and O–H groups in total. The van der Waals surface area contributed by atoms with Crippen molar-refractivity contribution in [3.63, 3.8) is 0 Å². The lowest BCUT2D eigenvalue weighted by Gasteiger charge is -2.33. The smallest absolute Gasteiger partial charge is 0.337 e. The molecule has 1 fully saturated rings. The topological polar surface area (TPSA) is 108 Å². The molecule has 0 bridgehead atoms. The van der Waals surface area contributed by atoms with Crippen molar-refractivity contribution in [3.05, 3.63) is 94.0 Å². The van der Waals surface area contributed by atoms with E-state index in [1.165, 1.54) is 31.4 Å². The normalized spacial score (nSPS) is 14.8. The van der Waals surface area contributed by atoms with Gasteiger partial charge in [0.25, 0.3) is 5.91 Å². The third kappa shape index (κ3) is 7.04. The average molecular weight is 598 g/mol. The number of halogens is 3. The van der Waals surface area contributed by atoms with Crippen LogP contribution < -0.4 is 10.6 Å². The summed E-state index contributed by atoms with van der Waals surface area (Å²) in [4.78, 5) is 38.5. The van der Waals surface area contributed by atoms with Gasteiger partial charge in [0.15, 0.2) is 0 Å². The molecule has 3 aromatic rings. The molecule has 3 aromatic carbocycles. The maximum atomic E-state index is 14.5. The van der Waals surface area contributed by atoms with Gasteiger partial charge in [-0.05, 0) is 72.4 Å². The van der Waals surface area contributed by atoms with Crippen LogP contribution in [0.3, 0.4) is 0 Å². The summed E-state index contributed by atoms with van der Waals surface area (Å²) in [5.74, 6) is -2.25. The van der Waals surface area contributed by atoms with Crippen molar-refractivity contribution < 1.29 is 27.9 Å². The van der Waals surface area contributed by atoms with Gasteiger partial charge in [-0.15, -0.1) is 0 Å². The molecule has 0 spiro atoms. The molecular weight excluding hydrogens is 572 g/mol. The molecule has 2 amide bonds. The summed E-state index contributed by atoms with van der Waals surface area (Å²) in [5, 5.41) is 15.5. The van der Waals surface area contributed by atoms with E-state index in [0.29, 0.717) is 46.1 Å². The molecular formula is C30H26ClF2N3O4S. The van der Waals surface area contributed by atoms with E-state index in [1.54, 1.807) is 36.0 Å². The molecule has 0 radical (unpaired) electrons. The van der Waals surface area contributed by atoms with Crippen molar-refractivity contribution in [2.75, 3.05) is 18.6 Å². The molecule has 41 heavy (non-hydrogen) atoms. The molecule has 11 heteroatoms. The Labute approximate surface area is 245 Å². The predicted octanol–water partition coefficient (Wildman–Crippen LogP) is 5.32. The number of thioether (sulfide) groups is 1. The highest BCUT2D eigenvalue weighted by Crippen LogP contribution is 2.30. The van der Waals surface area contributed by atoms with Gasteiger partial charge in [0, 0.05) is 28.1 Å². The van der Waals surface area contributed by atoms with E-state index in [4.69, 9.17) is 16.3 Å². The van der Waals surface area contributed by atoms with E-state index >= 15 is 0 Å². The van der Waals surface area contributed by atoms with E-state index in [2.05, 4.69) is 16.7 Å². The number of ether oxygens (including phenoxy) is 1. The van der Waals surface area contributed by atoms with Crippen molar-refractivity contribution in [1.29, 1.82) is 5.26 Å². The van der Waals surface area contributed by atoms with Crippen LogP contribution >= 0.6 is 23.4 Å². The number of amides is 2. The Bertz CT molecular complexity index is 1480. The number of carbonyl (C=O) groups excluding carboxylic acids is 3. The van der Waals surface area contributed by atoms with Crippen LogP contribution in [0.4, 0.5) is 8.78 Å². The maximum absolute atomic E-state index is 14.5. The van der Waals surface area contributed by atoms with E-state index in [9.17, 15) is 28.4 Å². The van der Waals surface area contributed by atoms with Crippen molar-refractivity contribution >= 4 is 41.1 Å². The van der Waals surface area contributed by atoms with Crippen molar-refractivity contribution in [2.24, 2.45) is 0 Å². The summed E-state index contributed by atoms with van der Waals surface area (Å²) >= 11 is 7.99. The summed E-state index contributed by atoms with van der Waals surface area (Å²) < 4.78 is 33.7. The van der Waals surface area contributed by atoms with Gasteiger partial charge in [0.05, 0.1) is 18.7 Å². The molecule has 0 saturated carbocycles. The number of carbonyl (C=O) groups is 3. The Morgan fingerprint density at radius 3 is 2.29 bits per heavy atom. The first-order valence-corrected chi connectivity index (χ1v) is 14.2. The largest absolute Gasteiger partial charge is 0.465 e. The Kier molecular flexibility index (Phi) is 9.63. The van der Waals surface area contributed by atoms with Crippen LogP contribution in [0.25, 0.3) is 11.1 Å². The fourth-order valence-electron chi connectivity index (χ4n) is 4.48. The SMILES string of the molecule is COC(=O)c1ccc(Cl)c(-c2ccc(C(=O)N[C@@H](Cc3c(F)cccc3F)C(=O)NC3(C#N)CCSCC3)cc2)c1. The summed E-state index contributed by atoms with van der Waals surface area (Å²) in [6, 6.07) is 15.1. The number of hydrogen-bond donors (Lipinski definition) is 2. The Morgan fingerprint density at radius 2 is 1.68 bits per heavy atom. The maximum Gasteiger partial charge on any atom is 0.337 e. The first kappa shape index (κ1) is 30.0. The number of nitrogens with zero attached hydrogens (tertiary/aromatic N) is 1. The molecule has 1 aliphatic heterocycles. The number of rotatable bonds is 8. The Morgan fingerprint density at radius 1 is 1.05 bits per heavy atom. The molecule has 212 valence electrons. The minimum atomic E-state index is -1.36. The molecule has 1 atom stereocenters. The van der Waals surface area contributed by atoms with Gasteiger partial charge < -0.3 is 15.4 Å². The lowest BCUT2D eigenvalue weighted by Crippen LogP contribution is -2.57. The fourth-order valence-corrected chi connectivity index (χ4v) is 5.90.